The van der Waals surface area contributed by atoms with Crippen LogP contribution < -0.4 is 5.73 Å². The van der Waals surface area contributed by atoms with Crippen LogP contribution in [0.3, 0.4) is 0 Å². The Morgan fingerprint density at radius 3 is 2.86 bits per heavy atom. The number of hydrogen-bond donors (Lipinski definition) is 1. The number of rotatable bonds is 5. The molecule has 0 aliphatic rings. The Balaban J connectivity index is 2.47. The van der Waals surface area contributed by atoms with E-state index < -0.39 is 0 Å². The first-order chi connectivity index (χ1) is 6.74. The average Bonchev–Trinajstić information content (AvgIpc) is 2.19. The van der Waals surface area contributed by atoms with Crippen molar-refractivity contribution in [3.8, 4) is 0 Å². The van der Waals surface area contributed by atoms with Gasteiger partial charge in [0.15, 0.2) is 0 Å². The smallest absolute Gasteiger partial charge is 0.0960 e. The summed E-state index contributed by atoms with van der Waals surface area (Å²) in [6.45, 7) is 2.70. The van der Waals surface area contributed by atoms with E-state index in [1.54, 1.807) is 18.9 Å². The molecule has 14 heavy (non-hydrogen) atoms. The van der Waals surface area contributed by atoms with Crippen LogP contribution in [0.5, 0.6) is 0 Å². The van der Waals surface area contributed by atoms with Gasteiger partial charge in [0.2, 0.25) is 0 Å². The first-order valence-corrected chi connectivity index (χ1v) is 5.56. The van der Waals surface area contributed by atoms with Gasteiger partial charge in [-0.15, -0.1) is 11.8 Å². The van der Waals surface area contributed by atoms with E-state index in [0.29, 0.717) is 0 Å². The van der Waals surface area contributed by atoms with Crippen molar-refractivity contribution in [2.75, 3.05) is 19.5 Å². The number of methoxy groups -OCH3 is 1. The molecule has 0 aromatic carbocycles. The third kappa shape index (κ3) is 3.65. The third-order valence-corrected chi connectivity index (χ3v) is 2.73. The van der Waals surface area contributed by atoms with Gasteiger partial charge < -0.3 is 10.5 Å². The van der Waals surface area contributed by atoms with E-state index in [-0.39, 0.29) is 6.04 Å². The zero-order chi connectivity index (χ0) is 10.4. The lowest BCUT2D eigenvalue weighted by Crippen LogP contribution is -2.05. The fraction of sp³-hybridized carbons (Fsp3) is 0.500. The summed E-state index contributed by atoms with van der Waals surface area (Å²) in [6, 6.07) is 4.08. The van der Waals surface area contributed by atoms with Crippen molar-refractivity contribution in [2.24, 2.45) is 5.73 Å². The molecule has 0 fully saturated rings. The number of aromatic nitrogens is 1. The molecular weight excluding hydrogens is 196 g/mol. The molecule has 0 spiro atoms. The number of hydrogen-bond acceptors (Lipinski definition) is 4. The molecular formula is C10H16N2OS. The van der Waals surface area contributed by atoms with E-state index in [4.69, 9.17) is 10.5 Å². The Kier molecular flexibility index (Phi) is 4.93. The highest BCUT2D eigenvalue weighted by Gasteiger charge is 2.00. The summed E-state index contributed by atoms with van der Waals surface area (Å²) < 4.78 is 4.96. The lowest BCUT2D eigenvalue weighted by Gasteiger charge is -2.05. The van der Waals surface area contributed by atoms with Crippen LogP contribution >= 0.6 is 11.8 Å². The molecule has 1 aromatic heterocycles. The molecule has 0 saturated carbocycles. The number of pyridine rings is 1. The quantitative estimate of drug-likeness (QED) is 0.597. The lowest BCUT2D eigenvalue weighted by molar-refractivity contribution is 0.218. The Hall–Kier alpha value is -0.580. The fourth-order valence-corrected chi connectivity index (χ4v) is 1.73. The molecule has 1 aromatic rings. The SMILES string of the molecule is COCCSc1ccc([C@@H](C)N)cn1. The fourth-order valence-electron chi connectivity index (χ4n) is 0.976. The molecule has 1 heterocycles. The van der Waals surface area contributed by atoms with Crippen LogP contribution in [0.25, 0.3) is 0 Å². The summed E-state index contributed by atoms with van der Waals surface area (Å²) in [6.07, 6.45) is 1.83. The van der Waals surface area contributed by atoms with Crippen molar-refractivity contribution >= 4 is 11.8 Å². The average molecular weight is 212 g/mol. The summed E-state index contributed by atoms with van der Waals surface area (Å²) in [4.78, 5) is 4.30. The Morgan fingerprint density at radius 1 is 1.57 bits per heavy atom. The zero-order valence-electron chi connectivity index (χ0n) is 8.56. The van der Waals surface area contributed by atoms with Gasteiger partial charge in [0.1, 0.15) is 0 Å². The van der Waals surface area contributed by atoms with Gasteiger partial charge in [0.25, 0.3) is 0 Å². The first-order valence-electron chi connectivity index (χ1n) is 4.57. The molecule has 0 bridgehead atoms. The van der Waals surface area contributed by atoms with Crippen LogP contribution in [0.1, 0.15) is 18.5 Å². The highest BCUT2D eigenvalue weighted by Crippen LogP contribution is 2.16. The van der Waals surface area contributed by atoms with Crippen molar-refractivity contribution in [1.29, 1.82) is 0 Å². The van der Waals surface area contributed by atoms with Crippen molar-refractivity contribution in [2.45, 2.75) is 18.0 Å². The lowest BCUT2D eigenvalue weighted by atomic mass is 10.2. The van der Waals surface area contributed by atoms with Crippen LogP contribution in [0.2, 0.25) is 0 Å². The van der Waals surface area contributed by atoms with Crippen LogP contribution in [-0.4, -0.2) is 24.5 Å². The molecule has 1 atom stereocenters. The maximum Gasteiger partial charge on any atom is 0.0960 e. The Morgan fingerprint density at radius 2 is 2.36 bits per heavy atom. The van der Waals surface area contributed by atoms with Gasteiger partial charge in [-0.1, -0.05) is 6.07 Å². The highest BCUT2D eigenvalue weighted by atomic mass is 32.2. The summed E-state index contributed by atoms with van der Waals surface area (Å²) in [5.41, 5.74) is 6.79. The van der Waals surface area contributed by atoms with Gasteiger partial charge in [0, 0.05) is 25.1 Å². The molecule has 0 amide bonds. The van der Waals surface area contributed by atoms with Gasteiger partial charge in [-0.3, -0.25) is 0 Å². The minimum Gasteiger partial charge on any atom is -0.384 e. The van der Waals surface area contributed by atoms with E-state index in [1.165, 1.54) is 0 Å². The maximum absolute atomic E-state index is 5.72. The van der Waals surface area contributed by atoms with E-state index in [2.05, 4.69) is 4.98 Å². The van der Waals surface area contributed by atoms with Crippen molar-refractivity contribution in [3.63, 3.8) is 0 Å². The summed E-state index contributed by atoms with van der Waals surface area (Å²) in [5.74, 6) is 0.932. The highest BCUT2D eigenvalue weighted by molar-refractivity contribution is 7.99. The van der Waals surface area contributed by atoms with Crippen molar-refractivity contribution < 1.29 is 4.74 Å². The topological polar surface area (TPSA) is 48.1 Å². The molecule has 1 rings (SSSR count). The molecule has 2 N–H and O–H groups in total. The molecule has 0 saturated heterocycles. The van der Waals surface area contributed by atoms with E-state index >= 15 is 0 Å². The molecule has 0 unspecified atom stereocenters. The van der Waals surface area contributed by atoms with E-state index in [1.807, 2.05) is 25.3 Å². The van der Waals surface area contributed by atoms with Gasteiger partial charge in [-0.25, -0.2) is 4.98 Å². The second-order valence-electron chi connectivity index (χ2n) is 3.06. The summed E-state index contributed by atoms with van der Waals surface area (Å²) in [5, 5.41) is 1.02. The Bertz CT molecular complexity index is 261. The van der Waals surface area contributed by atoms with Crippen molar-refractivity contribution in [3.05, 3.63) is 23.9 Å². The molecule has 0 aliphatic heterocycles. The molecule has 4 heteroatoms. The normalized spacial score (nSPS) is 12.8. The summed E-state index contributed by atoms with van der Waals surface area (Å²) >= 11 is 1.69. The van der Waals surface area contributed by atoms with E-state index in [0.717, 1.165) is 22.9 Å². The largest absolute Gasteiger partial charge is 0.384 e. The standard InChI is InChI=1S/C10H16N2OS/c1-8(11)9-3-4-10(12-7-9)14-6-5-13-2/h3-4,7-8H,5-6,11H2,1-2H3/t8-/m1/s1. The van der Waals surface area contributed by atoms with Crippen LogP contribution in [0.4, 0.5) is 0 Å². The molecule has 78 valence electrons. The molecule has 0 radical (unpaired) electrons. The molecule has 3 nitrogen and oxygen atoms in total. The van der Waals surface area contributed by atoms with Gasteiger partial charge >= 0.3 is 0 Å². The predicted octanol–water partition coefficient (Wildman–Crippen LogP) is 1.84. The van der Waals surface area contributed by atoms with Gasteiger partial charge in [0.05, 0.1) is 11.6 Å². The third-order valence-electron chi connectivity index (χ3n) is 1.82. The van der Waals surface area contributed by atoms with Crippen molar-refractivity contribution in [1.82, 2.24) is 4.98 Å². The minimum atomic E-state index is 0.0560. The van der Waals surface area contributed by atoms with Crippen LogP contribution in [0, 0.1) is 0 Å². The number of thioether (sulfide) groups is 1. The number of nitrogens with two attached hydrogens (primary N) is 1. The predicted molar refractivity (Wildman–Crippen MR) is 59.4 cm³/mol. The second kappa shape index (κ2) is 6.01. The zero-order valence-corrected chi connectivity index (χ0v) is 9.38. The second-order valence-corrected chi connectivity index (χ2v) is 4.17. The van der Waals surface area contributed by atoms with E-state index in [9.17, 15) is 0 Å². The van der Waals surface area contributed by atoms with Gasteiger partial charge in [-0.2, -0.15) is 0 Å². The van der Waals surface area contributed by atoms with Gasteiger partial charge in [-0.05, 0) is 18.6 Å². The number of nitrogens with zero attached hydrogens (tertiary/aromatic N) is 1. The maximum atomic E-state index is 5.72. The number of ether oxygens (including phenoxy) is 1. The minimum absolute atomic E-state index is 0.0560. The monoisotopic (exact) mass is 212 g/mol. The Labute approximate surface area is 89.1 Å². The van der Waals surface area contributed by atoms with Crippen LogP contribution in [-0.2, 0) is 4.74 Å². The molecule has 0 aliphatic carbocycles. The first kappa shape index (κ1) is 11.5. The van der Waals surface area contributed by atoms with Crippen LogP contribution in [0.15, 0.2) is 23.4 Å². The summed E-state index contributed by atoms with van der Waals surface area (Å²) in [7, 11) is 1.70.